The summed E-state index contributed by atoms with van der Waals surface area (Å²) in [6.45, 7) is 4.54. The van der Waals surface area contributed by atoms with Gasteiger partial charge in [0, 0.05) is 12.7 Å². The van der Waals surface area contributed by atoms with Crippen LogP contribution in [-0.2, 0) is 6.54 Å². The molecule has 0 atom stereocenters. The van der Waals surface area contributed by atoms with Gasteiger partial charge in [0.25, 0.3) is 0 Å². The van der Waals surface area contributed by atoms with E-state index in [9.17, 15) is 5.11 Å². The molecule has 3 N–H and O–H groups in total. The van der Waals surface area contributed by atoms with Gasteiger partial charge < -0.3 is 15.5 Å². The molecule has 1 aromatic heterocycles. The molecule has 0 aliphatic heterocycles. The van der Waals surface area contributed by atoms with Crippen LogP contribution in [0.3, 0.4) is 0 Å². The van der Waals surface area contributed by atoms with Gasteiger partial charge in [-0.3, -0.25) is 4.98 Å². The van der Waals surface area contributed by atoms with Crippen LogP contribution in [0.25, 0.3) is 0 Å². The van der Waals surface area contributed by atoms with Crippen molar-refractivity contribution in [3.05, 3.63) is 23.0 Å². The van der Waals surface area contributed by atoms with E-state index in [1.165, 1.54) is 0 Å². The molecule has 4 nitrogen and oxygen atoms in total. The van der Waals surface area contributed by atoms with Crippen LogP contribution < -0.4 is 0 Å². The van der Waals surface area contributed by atoms with Crippen LogP contribution in [-0.4, -0.2) is 34.6 Å². The lowest BCUT2D eigenvalue weighted by atomic mass is 10.1. The predicted molar refractivity (Wildman–Crippen MR) is 70.9 cm³/mol. The van der Waals surface area contributed by atoms with Gasteiger partial charge in [-0.05, 0) is 39.1 Å². The summed E-state index contributed by atoms with van der Waals surface area (Å²) in [6.07, 6.45) is 1.82. The standard InChI is InChI=1S/C10H16N2O.2ClH.H2O/c1-7-9(6-12(3)4)5-11-8(2)10(7)13;;;/h5,13H,6H2,1-4H3;2*1H;1H2. The molecule has 0 saturated carbocycles. The first-order chi connectivity index (χ1) is 6.02. The molecule has 0 unspecified atom stereocenters. The summed E-state index contributed by atoms with van der Waals surface area (Å²) in [6, 6.07) is 0. The van der Waals surface area contributed by atoms with Crippen molar-refractivity contribution in [2.75, 3.05) is 14.1 Å². The minimum Gasteiger partial charge on any atom is -0.506 e. The van der Waals surface area contributed by atoms with E-state index in [2.05, 4.69) is 9.88 Å². The molecule has 0 aliphatic carbocycles. The third kappa shape index (κ3) is 4.99. The molecule has 0 spiro atoms. The van der Waals surface area contributed by atoms with Gasteiger partial charge in [-0.2, -0.15) is 0 Å². The van der Waals surface area contributed by atoms with E-state index in [1.54, 1.807) is 0 Å². The second kappa shape index (κ2) is 8.58. The molecule has 0 fully saturated rings. The average Bonchev–Trinajstić information content (AvgIpc) is 2.06. The number of rotatable bonds is 2. The lowest BCUT2D eigenvalue weighted by Gasteiger charge is -2.13. The lowest BCUT2D eigenvalue weighted by molar-refractivity contribution is 0.397. The minimum atomic E-state index is 0. The molecular weight excluding hydrogens is 251 g/mol. The highest BCUT2D eigenvalue weighted by molar-refractivity contribution is 5.85. The third-order valence-electron chi connectivity index (χ3n) is 2.08. The first kappa shape index (κ1) is 20.8. The van der Waals surface area contributed by atoms with E-state index in [1.807, 2.05) is 34.1 Å². The Morgan fingerprint density at radius 3 is 2.19 bits per heavy atom. The summed E-state index contributed by atoms with van der Waals surface area (Å²) >= 11 is 0. The first-order valence-electron chi connectivity index (χ1n) is 4.31. The van der Waals surface area contributed by atoms with Gasteiger partial charge >= 0.3 is 0 Å². The highest BCUT2D eigenvalue weighted by Crippen LogP contribution is 2.22. The Morgan fingerprint density at radius 1 is 1.25 bits per heavy atom. The van der Waals surface area contributed by atoms with Crippen LogP contribution in [0.5, 0.6) is 5.75 Å². The molecule has 1 heterocycles. The van der Waals surface area contributed by atoms with Gasteiger partial charge in [0.05, 0.1) is 5.69 Å². The molecule has 0 aromatic carbocycles. The average molecular weight is 271 g/mol. The zero-order valence-electron chi connectivity index (χ0n) is 9.94. The zero-order chi connectivity index (χ0) is 10.0. The second-order valence-electron chi connectivity index (χ2n) is 3.58. The molecule has 0 saturated heterocycles. The smallest absolute Gasteiger partial charge is 0.139 e. The van der Waals surface area contributed by atoms with Crippen molar-refractivity contribution < 1.29 is 10.6 Å². The summed E-state index contributed by atoms with van der Waals surface area (Å²) in [5, 5.41) is 9.62. The summed E-state index contributed by atoms with van der Waals surface area (Å²) in [7, 11) is 3.99. The second-order valence-corrected chi connectivity index (χ2v) is 3.58. The highest BCUT2D eigenvalue weighted by atomic mass is 35.5. The summed E-state index contributed by atoms with van der Waals surface area (Å²) in [4.78, 5) is 6.17. The van der Waals surface area contributed by atoms with Gasteiger partial charge in [-0.15, -0.1) is 24.8 Å². The number of aryl methyl sites for hydroxylation is 1. The van der Waals surface area contributed by atoms with E-state index < -0.39 is 0 Å². The molecule has 16 heavy (non-hydrogen) atoms. The lowest BCUT2D eigenvalue weighted by Crippen LogP contribution is -2.12. The van der Waals surface area contributed by atoms with Gasteiger partial charge in [0.1, 0.15) is 5.75 Å². The fourth-order valence-electron chi connectivity index (χ4n) is 1.26. The van der Waals surface area contributed by atoms with Gasteiger partial charge in [-0.1, -0.05) is 0 Å². The maximum atomic E-state index is 9.62. The fraction of sp³-hybridized carbons (Fsp3) is 0.500. The number of aromatic hydroxyl groups is 1. The Bertz CT molecular complexity index is 320. The summed E-state index contributed by atoms with van der Waals surface area (Å²) in [5.41, 5.74) is 2.70. The molecular formula is C10H20Cl2N2O2. The van der Waals surface area contributed by atoms with Crippen LogP contribution in [0, 0.1) is 13.8 Å². The number of hydrogen-bond donors (Lipinski definition) is 1. The SMILES string of the molecule is Cc1ncc(CN(C)C)c(C)c1O.Cl.Cl.O. The van der Waals surface area contributed by atoms with Crippen molar-refractivity contribution >= 4 is 24.8 Å². The zero-order valence-corrected chi connectivity index (χ0v) is 11.6. The molecule has 1 rings (SSSR count). The third-order valence-corrected chi connectivity index (χ3v) is 2.08. The normalized spacial score (nSPS) is 8.81. The molecule has 0 aliphatic rings. The van der Waals surface area contributed by atoms with E-state index >= 15 is 0 Å². The summed E-state index contributed by atoms with van der Waals surface area (Å²) < 4.78 is 0. The number of hydrogen-bond acceptors (Lipinski definition) is 3. The minimum absolute atomic E-state index is 0. The Labute approximate surface area is 109 Å². The predicted octanol–water partition coefficient (Wildman–Crippen LogP) is 1.48. The first-order valence-corrected chi connectivity index (χ1v) is 4.31. The number of aromatic nitrogens is 1. The van der Waals surface area contributed by atoms with E-state index in [-0.39, 0.29) is 30.3 Å². The van der Waals surface area contributed by atoms with E-state index in [0.717, 1.165) is 17.7 Å². The quantitative estimate of drug-likeness (QED) is 0.886. The Kier molecular flexibility index (Phi) is 11.2. The molecule has 1 aromatic rings. The molecule has 0 radical (unpaired) electrons. The van der Waals surface area contributed by atoms with Crippen LogP contribution >= 0.6 is 24.8 Å². The Balaban J connectivity index is -0.000000563. The largest absolute Gasteiger partial charge is 0.506 e. The van der Waals surface area contributed by atoms with Gasteiger partial charge in [0.15, 0.2) is 0 Å². The molecule has 0 bridgehead atoms. The fourth-order valence-corrected chi connectivity index (χ4v) is 1.26. The maximum Gasteiger partial charge on any atom is 0.139 e. The van der Waals surface area contributed by atoms with Crippen molar-refractivity contribution in [2.45, 2.75) is 20.4 Å². The maximum absolute atomic E-state index is 9.62. The number of pyridine rings is 1. The molecule has 96 valence electrons. The van der Waals surface area contributed by atoms with Crippen LogP contribution in [0.1, 0.15) is 16.8 Å². The van der Waals surface area contributed by atoms with Crippen LogP contribution in [0.4, 0.5) is 0 Å². The van der Waals surface area contributed by atoms with Crippen LogP contribution in [0.15, 0.2) is 6.20 Å². The van der Waals surface area contributed by atoms with E-state index in [0.29, 0.717) is 11.4 Å². The molecule has 6 heteroatoms. The Hall–Kier alpha value is -0.550. The van der Waals surface area contributed by atoms with Crippen molar-refractivity contribution in [2.24, 2.45) is 0 Å². The van der Waals surface area contributed by atoms with Crippen molar-refractivity contribution in [3.63, 3.8) is 0 Å². The number of nitrogens with zero attached hydrogens (tertiary/aromatic N) is 2. The monoisotopic (exact) mass is 270 g/mol. The van der Waals surface area contributed by atoms with Crippen LogP contribution in [0.2, 0.25) is 0 Å². The van der Waals surface area contributed by atoms with E-state index in [4.69, 9.17) is 0 Å². The topological polar surface area (TPSA) is 67.9 Å². The van der Waals surface area contributed by atoms with Gasteiger partial charge in [-0.25, -0.2) is 0 Å². The Morgan fingerprint density at radius 2 is 1.75 bits per heavy atom. The van der Waals surface area contributed by atoms with Crippen molar-refractivity contribution in [1.29, 1.82) is 0 Å². The number of halogens is 2. The van der Waals surface area contributed by atoms with Gasteiger partial charge in [0.2, 0.25) is 0 Å². The highest BCUT2D eigenvalue weighted by Gasteiger charge is 2.07. The summed E-state index contributed by atoms with van der Waals surface area (Å²) in [5.74, 6) is 0.319. The van der Waals surface area contributed by atoms with Crippen molar-refractivity contribution in [1.82, 2.24) is 9.88 Å². The van der Waals surface area contributed by atoms with Crippen molar-refractivity contribution in [3.8, 4) is 5.75 Å². The molecule has 0 amide bonds.